The number of hydrogen-bond donors (Lipinski definition) is 0. The zero-order chi connectivity index (χ0) is 16.4. The van der Waals surface area contributed by atoms with Gasteiger partial charge in [-0.1, -0.05) is 6.07 Å². The first-order valence-electron chi connectivity index (χ1n) is 7.35. The molecule has 0 radical (unpaired) electrons. The van der Waals surface area contributed by atoms with Crippen molar-refractivity contribution in [1.82, 2.24) is 14.3 Å². The second-order valence-electron chi connectivity index (χ2n) is 5.36. The summed E-state index contributed by atoms with van der Waals surface area (Å²) in [6.07, 6.45) is 0.737. The number of aryl methyl sites for hydroxylation is 1. The van der Waals surface area contributed by atoms with E-state index in [9.17, 15) is 13.6 Å². The van der Waals surface area contributed by atoms with Gasteiger partial charge in [-0.15, -0.1) is 0 Å². The first kappa shape index (κ1) is 15.8. The van der Waals surface area contributed by atoms with E-state index in [0.29, 0.717) is 19.6 Å². The summed E-state index contributed by atoms with van der Waals surface area (Å²) in [5.41, 5.74) is -0.217. The molecule has 0 spiro atoms. The van der Waals surface area contributed by atoms with Gasteiger partial charge in [0.25, 0.3) is 5.91 Å². The van der Waals surface area contributed by atoms with E-state index < -0.39 is 17.5 Å². The minimum atomic E-state index is -1.08. The Labute approximate surface area is 136 Å². The normalized spacial score (nSPS) is 15.6. The van der Waals surface area contributed by atoms with Crippen LogP contribution in [0.2, 0.25) is 0 Å². The van der Waals surface area contributed by atoms with Crippen LogP contribution in [0.3, 0.4) is 0 Å². The summed E-state index contributed by atoms with van der Waals surface area (Å²) in [5.74, 6) is -1.84. The lowest BCUT2D eigenvalue weighted by molar-refractivity contribution is 0.0761. The van der Waals surface area contributed by atoms with Crippen molar-refractivity contribution in [2.24, 2.45) is 0 Å². The van der Waals surface area contributed by atoms with E-state index in [1.807, 2.05) is 6.92 Å². The standard InChI is InChI=1S/C15H16F2N4OS/c1-10-18-15(23-19-10)21-7-3-6-20(8-9-21)14(22)11-4-2-5-12(16)13(11)17/h2,4-5H,3,6-9H2,1H3. The summed E-state index contributed by atoms with van der Waals surface area (Å²) in [6, 6.07) is 3.67. The fourth-order valence-electron chi connectivity index (χ4n) is 2.57. The molecule has 1 aromatic carbocycles. The van der Waals surface area contributed by atoms with Gasteiger partial charge in [-0.3, -0.25) is 4.79 Å². The number of nitrogens with zero attached hydrogens (tertiary/aromatic N) is 4. The van der Waals surface area contributed by atoms with Crippen molar-refractivity contribution < 1.29 is 13.6 Å². The molecule has 0 aliphatic carbocycles. The van der Waals surface area contributed by atoms with Crippen LogP contribution in [0.1, 0.15) is 22.6 Å². The lowest BCUT2D eigenvalue weighted by Gasteiger charge is -2.21. The average molecular weight is 338 g/mol. The topological polar surface area (TPSA) is 49.3 Å². The van der Waals surface area contributed by atoms with E-state index in [1.165, 1.54) is 23.7 Å². The molecule has 8 heteroatoms. The van der Waals surface area contributed by atoms with Crippen LogP contribution < -0.4 is 4.90 Å². The highest BCUT2D eigenvalue weighted by Crippen LogP contribution is 2.20. The first-order chi connectivity index (χ1) is 11.1. The molecule has 1 aromatic heterocycles. The van der Waals surface area contributed by atoms with Crippen LogP contribution in [0, 0.1) is 18.6 Å². The number of carbonyl (C=O) groups excluding carboxylic acids is 1. The van der Waals surface area contributed by atoms with E-state index in [4.69, 9.17) is 0 Å². The maximum Gasteiger partial charge on any atom is 0.257 e. The van der Waals surface area contributed by atoms with Gasteiger partial charge < -0.3 is 9.80 Å². The molecule has 1 fully saturated rings. The van der Waals surface area contributed by atoms with Crippen LogP contribution in [0.4, 0.5) is 13.9 Å². The lowest BCUT2D eigenvalue weighted by atomic mass is 10.1. The quantitative estimate of drug-likeness (QED) is 0.844. The molecule has 1 amide bonds. The molecule has 0 N–H and O–H groups in total. The second kappa shape index (κ2) is 6.57. The molecule has 5 nitrogen and oxygen atoms in total. The molecule has 23 heavy (non-hydrogen) atoms. The van der Waals surface area contributed by atoms with E-state index in [0.717, 1.165) is 30.0 Å². The molecular weight excluding hydrogens is 322 g/mol. The summed E-state index contributed by atoms with van der Waals surface area (Å²) in [6.45, 7) is 4.12. The Morgan fingerprint density at radius 2 is 2.04 bits per heavy atom. The van der Waals surface area contributed by atoms with Crippen molar-refractivity contribution in [2.75, 3.05) is 31.1 Å². The smallest absolute Gasteiger partial charge is 0.257 e. The Morgan fingerprint density at radius 3 is 2.78 bits per heavy atom. The number of amides is 1. The van der Waals surface area contributed by atoms with Gasteiger partial charge in [0.15, 0.2) is 11.6 Å². The highest BCUT2D eigenvalue weighted by molar-refractivity contribution is 7.09. The molecule has 122 valence electrons. The Bertz CT molecular complexity index is 721. The van der Waals surface area contributed by atoms with Crippen molar-refractivity contribution in [3.8, 4) is 0 Å². The van der Waals surface area contributed by atoms with E-state index >= 15 is 0 Å². The van der Waals surface area contributed by atoms with E-state index in [-0.39, 0.29) is 5.56 Å². The Hall–Kier alpha value is -2.09. The summed E-state index contributed by atoms with van der Waals surface area (Å²) in [4.78, 5) is 20.4. The van der Waals surface area contributed by atoms with E-state index in [2.05, 4.69) is 14.3 Å². The largest absolute Gasteiger partial charge is 0.345 e. The van der Waals surface area contributed by atoms with Crippen LogP contribution in [0.15, 0.2) is 18.2 Å². The molecule has 2 heterocycles. The van der Waals surface area contributed by atoms with Gasteiger partial charge in [-0.2, -0.15) is 4.37 Å². The monoisotopic (exact) mass is 338 g/mol. The molecule has 3 rings (SSSR count). The van der Waals surface area contributed by atoms with Crippen LogP contribution in [-0.2, 0) is 0 Å². The summed E-state index contributed by atoms with van der Waals surface area (Å²) < 4.78 is 31.3. The van der Waals surface area contributed by atoms with Crippen molar-refractivity contribution in [1.29, 1.82) is 0 Å². The Balaban J connectivity index is 1.72. The third-order valence-corrected chi connectivity index (χ3v) is 4.62. The van der Waals surface area contributed by atoms with Gasteiger partial charge >= 0.3 is 0 Å². The highest BCUT2D eigenvalue weighted by Gasteiger charge is 2.24. The van der Waals surface area contributed by atoms with Crippen LogP contribution in [0.5, 0.6) is 0 Å². The maximum atomic E-state index is 13.8. The predicted molar refractivity (Wildman–Crippen MR) is 83.7 cm³/mol. The lowest BCUT2D eigenvalue weighted by Crippen LogP contribution is -2.35. The summed E-state index contributed by atoms with van der Waals surface area (Å²) >= 11 is 1.33. The summed E-state index contributed by atoms with van der Waals surface area (Å²) in [7, 11) is 0. The van der Waals surface area contributed by atoms with Crippen molar-refractivity contribution in [2.45, 2.75) is 13.3 Å². The zero-order valence-corrected chi connectivity index (χ0v) is 13.4. The first-order valence-corrected chi connectivity index (χ1v) is 8.12. The molecule has 1 aliphatic heterocycles. The van der Waals surface area contributed by atoms with Gasteiger partial charge in [-0.25, -0.2) is 13.8 Å². The van der Waals surface area contributed by atoms with Crippen molar-refractivity contribution in [3.63, 3.8) is 0 Å². The number of benzene rings is 1. The zero-order valence-electron chi connectivity index (χ0n) is 12.6. The average Bonchev–Trinajstić information content (AvgIpc) is 2.83. The van der Waals surface area contributed by atoms with E-state index in [1.54, 1.807) is 4.90 Å². The Kier molecular flexibility index (Phi) is 4.51. The second-order valence-corrected chi connectivity index (χ2v) is 6.09. The third-order valence-electron chi connectivity index (χ3n) is 3.75. The molecule has 0 saturated carbocycles. The Morgan fingerprint density at radius 1 is 1.22 bits per heavy atom. The third kappa shape index (κ3) is 3.31. The number of rotatable bonds is 2. The minimum Gasteiger partial charge on any atom is -0.345 e. The molecular formula is C15H16F2N4OS. The predicted octanol–water partition coefficient (Wildman–Crippen LogP) is 2.48. The molecule has 0 atom stereocenters. The van der Waals surface area contributed by atoms with Crippen LogP contribution in [0.25, 0.3) is 0 Å². The molecule has 2 aromatic rings. The van der Waals surface area contributed by atoms with Gasteiger partial charge in [0.05, 0.1) is 5.56 Å². The number of anilines is 1. The fourth-order valence-corrected chi connectivity index (χ4v) is 3.29. The van der Waals surface area contributed by atoms with Gasteiger partial charge in [0.2, 0.25) is 5.13 Å². The maximum absolute atomic E-state index is 13.8. The van der Waals surface area contributed by atoms with Gasteiger partial charge in [-0.05, 0) is 25.5 Å². The number of hydrogen-bond acceptors (Lipinski definition) is 5. The molecule has 1 saturated heterocycles. The molecule has 0 bridgehead atoms. The summed E-state index contributed by atoms with van der Waals surface area (Å²) in [5, 5.41) is 0.828. The molecule has 1 aliphatic rings. The highest BCUT2D eigenvalue weighted by atomic mass is 32.1. The van der Waals surface area contributed by atoms with Crippen LogP contribution >= 0.6 is 11.5 Å². The van der Waals surface area contributed by atoms with Gasteiger partial charge in [0.1, 0.15) is 5.82 Å². The number of halogens is 2. The minimum absolute atomic E-state index is 0.217. The van der Waals surface area contributed by atoms with Crippen molar-refractivity contribution >= 4 is 22.6 Å². The van der Waals surface area contributed by atoms with Gasteiger partial charge in [0, 0.05) is 37.7 Å². The van der Waals surface area contributed by atoms with Crippen LogP contribution in [-0.4, -0.2) is 46.3 Å². The van der Waals surface area contributed by atoms with Crippen molar-refractivity contribution in [3.05, 3.63) is 41.2 Å². The molecule has 0 unspecified atom stereocenters. The SMILES string of the molecule is Cc1nsc(N2CCCN(C(=O)c3cccc(F)c3F)CC2)n1. The number of aromatic nitrogens is 2. The fraction of sp³-hybridized carbons (Fsp3) is 0.400. The number of carbonyl (C=O) groups is 1.